The van der Waals surface area contributed by atoms with Crippen molar-refractivity contribution in [2.45, 2.75) is 0 Å². The first-order valence-corrected chi connectivity index (χ1v) is 18.6. The van der Waals surface area contributed by atoms with Gasteiger partial charge in [0.1, 0.15) is 0 Å². The summed E-state index contributed by atoms with van der Waals surface area (Å²) in [6, 6.07) is 72.8. The van der Waals surface area contributed by atoms with Gasteiger partial charge in [-0.3, -0.25) is 0 Å². The molecule has 1 aromatic heterocycles. The predicted molar refractivity (Wildman–Crippen MR) is 225 cm³/mol. The van der Waals surface area contributed by atoms with Crippen molar-refractivity contribution >= 4 is 70.1 Å². The molecule has 0 aliphatic heterocycles. The molecule has 0 aliphatic rings. The second kappa shape index (κ2) is 12.7. The molecule has 0 N–H and O–H groups in total. The van der Waals surface area contributed by atoms with Crippen LogP contribution < -0.4 is 4.90 Å². The Hall–Kier alpha value is -6.48. The highest BCUT2D eigenvalue weighted by molar-refractivity contribution is 7.26. The number of thiophene rings is 1. The molecule has 0 atom stereocenters. The minimum atomic E-state index is 1.11. The molecule has 10 aromatic rings. The van der Waals surface area contributed by atoms with Gasteiger partial charge in [0.15, 0.2) is 0 Å². The zero-order valence-corrected chi connectivity index (χ0v) is 29.2. The van der Waals surface area contributed by atoms with Gasteiger partial charge in [0.2, 0.25) is 0 Å². The van der Waals surface area contributed by atoms with Gasteiger partial charge in [0.25, 0.3) is 0 Å². The van der Waals surface area contributed by atoms with Crippen LogP contribution in [-0.2, 0) is 0 Å². The van der Waals surface area contributed by atoms with Crippen LogP contribution in [0.1, 0.15) is 0 Å². The molecule has 0 amide bonds. The summed E-state index contributed by atoms with van der Waals surface area (Å²) < 4.78 is 2.67. The third kappa shape index (κ3) is 5.24. The third-order valence-corrected chi connectivity index (χ3v) is 11.5. The van der Waals surface area contributed by atoms with Gasteiger partial charge in [-0.25, -0.2) is 0 Å². The molecule has 2 heteroatoms. The number of benzene rings is 9. The topological polar surface area (TPSA) is 3.24 Å². The smallest absolute Gasteiger partial charge is 0.0467 e. The summed E-state index contributed by atoms with van der Waals surface area (Å²) in [6.07, 6.45) is 0. The maximum atomic E-state index is 2.37. The van der Waals surface area contributed by atoms with E-state index in [9.17, 15) is 0 Å². The van der Waals surface area contributed by atoms with Crippen LogP contribution in [0.25, 0.3) is 75.1 Å². The van der Waals surface area contributed by atoms with Gasteiger partial charge < -0.3 is 4.90 Å². The molecule has 244 valence electrons. The van der Waals surface area contributed by atoms with E-state index >= 15 is 0 Å². The summed E-state index contributed by atoms with van der Waals surface area (Å²) in [4.78, 5) is 2.37. The first-order chi connectivity index (χ1) is 25.8. The normalized spacial score (nSPS) is 11.5. The second-order valence-electron chi connectivity index (χ2n) is 13.3. The summed E-state index contributed by atoms with van der Waals surface area (Å²) >= 11 is 1.89. The van der Waals surface area contributed by atoms with Crippen molar-refractivity contribution in [3.8, 4) is 33.4 Å². The Morgan fingerprint density at radius 1 is 0.327 bits per heavy atom. The van der Waals surface area contributed by atoms with E-state index in [0.717, 1.165) is 17.1 Å². The number of rotatable bonds is 6. The van der Waals surface area contributed by atoms with Gasteiger partial charge >= 0.3 is 0 Å². The van der Waals surface area contributed by atoms with Crippen molar-refractivity contribution in [2.75, 3.05) is 4.90 Å². The van der Waals surface area contributed by atoms with Gasteiger partial charge in [-0.2, -0.15) is 0 Å². The quantitative estimate of drug-likeness (QED) is 0.169. The van der Waals surface area contributed by atoms with Crippen LogP contribution in [0.2, 0.25) is 0 Å². The average Bonchev–Trinajstić information content (AvgIpc) is 3.62. The Balaban J connectivity index is 1.08. The fourth-order valence-electron chi connectivity index (χ4n) is 7.75. The van der Waals surface area contributed by atoms with E-state index in [4.69, 9.17) is 0 Å². The molecular weight excluding hydrogens is 647 g/mol. The predicted octanol–water partition coefficient (Wildman–Crippen LogP) is 14.8. The molecule has 0 radical (unpaired) electrons. The lowest BCUT2D eigenvalue weighted by atomic mass is 9.97. The average molecular weight is 680 g/mol. The summed E-state index contributed by atoms with van der Waals surface area (Å²) in [5.41, 5.74) is 10.7. The second-order valence-corrected chi connectivity index (χ2v) is 14.4. The summed E-state index contributed by atoms with van der Waals surface area (Å²) in [5, 5.41) is 7.78. The number of hydrogen-bond donors (Lipinski definition) is 0. The summed E-state index contributed by atoms with van der Waals surface area (Å²) in [6.45, 7) is 0. The SMILES string of the molecule is c1ccc(-c2cccc(N(c3ccc(-c4cccc5ccccc45)cc3)c3ccc(-c4cccc5sc6c7ccccc7ccc6c45)cc3)c2)cc1. The minimum absolute atomic E-state index is 1.11. The maximum Gasteiger partial charge on any atom is 0.0467 e. The van der Waals surface area contributed by atoms with E-state index in [2.05, 4.69) is 205 Å². The van der Waals surface area contributed by atoms with Crippen molar-refractivity contribution in [1.82, 2.24) is 0 Å². The molecule has 0 aliphatic carbocycles. The van der Waals surface area contributed by atoms with Crippen LogP contribution in [0.5, 0.6) is 0 Å². The van der Waals surface area contributed by atoms with Crippen LogP contribution in [0.15, 0.2) is 200 Å². The molecule has 0 saturated heterocycles. The molecule has 9 aromatic carbocycles. The van der Waals surface area contributed by atoms with Crippen molar-refractivity contribution in [3.05, 3.63) is 200 Å². The van der Waals surface area contributed by atoms with E-state index in [1.807, 2.05) is 11.3 Å². The summed E-state index contributed by atoms with van der Waals surface area (Å²) in [5.74, 6) is 0. The molecule has 10 rings (SSSR count). The Kier molecular flexibility index (Phi) is 7.41. The monoisotopic (exact) mass is 679 g/mol. The lowest BCUT2D eigenvalue weighted by molar-refractivity contribution is 1.28. The standard InChI is InChI=1S/C50H33NS/c1-2-11-34(12-3-1)39-16-8-17-42(33-39)51(40-28-23-37(24-29-40)44-20-9-15-35-13-4-6-18-43(35)44)41-30-25-38(26-31-41)45-21-10-22-48-49(45)47-32-27-36-14-5-7-19-46(36)50(47)52-48/h1-33H. The fourth-order valence-corrected chi connectivity index (χ4v) is 9.02. The largest absolute Gasteiger partial charge is 0.310 e. The summed E-state index contributed by atoms with van der Waals surface area (Å²) in [7, 11) is 0. The van der Waals surface area contributed by atoms with Crippen molar-refractivity contribution < 1.29 is 0 Å². The van der Waals surface area contributed by atoms with E-state index in [1.165, 1.54) is 75.1 Å². The Morgan fingerprint density at radius 3 is 1.67 bits per heavy atom. The van der Waals surface area contributed by atoms with E-state index in [1.54, 1.807) is 0 Å². The fraction of sp³-hybridized carbons (Fsp3) is 0. The van der Waals surface area contributed by atoms with Gasteiger partial charge in [0, 0.05) is 37.2 Å². The van der Waals surface area contributed by atoms with Crippen LogP contribution >= 0.6 is 11.3 Å². The zero-order chi connectivity index (χ0) is 34.4. The van der Waals surface area contributed by atoms with Crippen LogP contribution in [0, 0.1) is 0 Å². The van der Waals surface area contributed by atoms with Crippen LogP contribution in [0.4, 0.5) is 17.1 Å². The van der Waals surface area contributed by atoms with Crippen molar-refractivity contribution in [2.24, 2.45) is 0 Å². The zero-order valence-electron chi connectivity index (χ0n) is 28.4. The van der Waals surface area contributed by atoms with E-state index in [-0.39, 0.29) is 0 Å². The molecule has 52 heavy (non-hydrogen) atoms. The molecule has 1 heterocycles. The molecule has 0 fully saturated rings. The number of nitrogens with zero attached hydrogens (tertiary/aromatic N) is 1. The number of hydrogen-bond acceptors (Lipinski definition) is 2. The first kappa shape index (κ1) is 30.4. The molecule has 0 bridgehead atoms. The van der Waals surface area contributed by atoms with Gasteiger partial charge in [-0.1, -0.05) is 158 Å². The van der Waals surface area contributed by atoms with E-state index in [0.29, 0.717) is 0 Å². The minimum Gasteiger partial charge on any atom is -0.310 e. The van der Waals surface area contributed by atoms with Crippen molar-refractivity contribution in [1.29, 1.82) is 0 Å². The highest BCUT2D eigenvalue weighted by Crippen LogP contribution is 2.44. The first-order valence-electron chi connectivity index (χ1n) is 17.8. The number of anilines is 3. The Bertz CT molecular complexity index is 2880. The number of fused-ring (bicyclic) bond motifs is 6. The highest BCUT2D eigenvalue weighted by Gasteiger charge is 2.17. The molecule has 0 unspecified atom stereocenters. The van der Waals surface area contributed by atoms with Gasteiger partial charge in [-0.15, -0.1) is 11.3 Å². The Morgan fingerprint density at radius 2 is 0.904 bits per heavy atom. The van der Waals surface area contributed by atoms with Crippen molar-refractivity contribution in [3.63, 3.8) is 0 Å². The van der Waals surface area contributed by atoms with Gasteiger partial charge in [-0.05, 0) is 97.4 Å². The lowest BCUT2D eigenvalue weighted by Gasteiger charge is -2.26. The molecule has 0 spiro atoms. The van der Waals surface area contributed by atoms with Crippen LogP contribution in [-0.4, -0.2) is 0 Å². The molecular formula is C50H33NS. The maximum absolute atomic E-state index is 2.37. The molecule has 0 saturated carbocycles. The lowest BCUT2D eigenvalue weighted by Crippen LogP contribution is -2.10. The van der Waals surface area contributed by atoms with Crippen LogP contribution in [0.3, 0.4) is 0 Å². The highest BCUT2D eigenvalue weighted by atomic mass is 32.1. The molecule has 1 nitrogen and oxygen atoms in total. The van der Waals surface area contributed by atoms with E-state index < -0.39 is 0 Å². The Labute approximate surface area is 307 Å². The third-order valence-electron chi connectivity index (χ3n) is 10.3. The van der Waals surface area contributed by atoms with Gasteiger partial charge in [0.05, 0.1) is 0 Å².